The maximum Gasteiger partial charge on any atom is 0.319 e. The molecule has 3 N–H and O–H groups in total. The van der Waals surface area contributed by atoms with Gasteiger partial charge in [0.1, 0.15) is 0 Å². The van der Waals surface area contributed by atoms with Gasteiger partial charge in [0, 0.05) is 6.54 Å². The summed E-state index contributed by atoms with van der Waals surface area (Å²) in [6.07, 6.45) is 0. The Hall–Kier alpha value is -1.56. The van der Waals surface area contributed by atoms with Gasteiger partial charge in [0.15, 0.2) is 0 Å². The van der Waals surface area contributed by atoms with Crippen LogP contribution in [0, 0.1) is 13.8 Å². The van der Waals surface area contributed by atoms with E-state index in [4.69, 9.17) is 5.11 Å². The van der Waals surface area contributed by atoms with Crippen molar-refractivity contribution in [3.8, 4) is 0 Å². The van der Waals surface area contributed by atoms with Crippen LogP contribution in [-0.2, 0) is 6.54 Å². The lowest BCUT2D eigenvalue weighted by molar-refractivity contribution is 0.187. The third-order valence-corrected chi connectivity index (χ3v) is 2.77. The molecule has 0 aliphatic heterocycles. The van der Waals surface area contributed by atoms with Crippen molar-refractivity contribution < 1.29 is 9.90 Å². The molecule has 1 aromatic rings. The average Bonchev–Trinajstić information content (AvgIpc) is 2.56. The van der Waals surface area contributed by atoms with Crippen LogP contribution < -0.4 is 10.6 Å². The lowest BCUT2D eigenvalue weighted by Crippen LogP contribution is -2.48. The Balaban J connectivity index is 2.79. The van der Waals surface area contributed by atoms with E-state index in [2.05, 4.69) is 15.7 Å². The number of carbonyl (C=O) groups is 1. The number of carbonyl (C=O) groups excluding carboxylic acids is 1. The number of aliphatic hydroxyl groups excluding tert-OH is 1. The highest BCUT2D eigenvalue weighted by molar-refractivity contribution is 5.91. The normalized spacial score (nSPS) is 11.4. The molecule has 0 atom stereocenters. The van der Waals surface area contributed by atoms with Gasteiger partial charge < -0.3 is 15.7 Å². The van der Waals surface area contributed by atoms with Crippen LogP contribution in [-0.4, -0.2) is 33.1 Å². The van der Waals surface area contributed by atoms with Crippen LogP contribution in [0.1, 0.15) is 32.2 Å². The van der Waals surface area contributed by atoms with Crippen LogP contribution in [0.25, 0.3) is 0 Å². The summed E-state index contributed by atoms with van der Waals surface area (Å²) in [6, 6.07) is -0.337. The number of rotatable bonds is 4. The molecule has 1 aromatic heterocycles. The number of nitrogens with zero attached hydrogens (tertiary/aromatic N) is 2. The number of aromatic nitrogens is 2. The zero-order chi connectivity index (χ0) is 13.9. The number of urea groups is 1. The molecule has 2 amide bonds. The first-order valence-corrected chi connectivity index (χ1v) is 6.04. The average molecular weight is 254 g/mol. The van der Waals surface area contributed by atoms with E-state index in [1.807, 2.05) is 25.5 Å². The quantitative estimate of drug-likeness (QED) is 0.760. The largest absolute Gasteiger partial charge is 0.394 e. The summed E-state index contributed by atoms with van der Waals surface area (Å²) in [6.45, 7) is 9.91. The summed E-state index contributed by atoms with van der Waals surface area (Å²) in [5.41, 5.74) is 1.79. The summed E-state index contributed by atoms with van der Waals surface area (Å²) in [5.74, 6) is 0. The topological polar surface area (TPSA) is 79.2 Å². The van der Waals surface area contributed by atoms with Gasteiger partial charge in [0.05, 0.1) is 29.2 Å². The van der Waals surface area contributed by atoms with Crippen LogP contribution in [0.3, 0.4) is 0 Å². The number of nitrogens with one attached hydrogen (secondary N) is 2. The summed E-state index contributed by atoms with van der Waals surface area (Å²) in [4.78, 5) is 11.8. The van der Waals surface area contributed by atoms with Crippen molar-refractivity contribution in [2.75, 3.05) is 11.9 Å². The zero-order valence-corrected chi connectivity index (χ0v) is 11.7. The molecule has 0 radical (unpaired) electrons. The SMILES string of the molecule is CCn1nc(C)c(NC(=O)NC(C)(C)CO)c1C. The van der Waals surface area contributed by atoms with Gasteiger partial charge in [-0.15, -0.1) is 0 Å². The van der Waals surface area contributed by atoms with Crippen LogP contribution in [0.4, 0.5) is 10.5 Å². The maximum absolute atomic E-state index is 11.8. The molecule has 0 aliphatic carbocycles. The Morgan fingerprint density at radius 3 is 2.50 bits per heavy atom. The van der Waals surface area contributed by atoms with E-state index < -0.39 is 5.54 Å². The van der Waals surface area contributed by atoms with E-state index >= 15 is 0 Å². The molecule has 0 aliphatic rings. The Labute approximate surface area is 107 Å². The molecule has 102 valence electrons. The summed E-state index contributed by atoms with van der Waals surface area (Å²) >= 11 is 0. The van der Waals surface area contributed by atoms with Gasteiger partial charge in [-0.2, -0.15) is 5.10 Å². The Kier molecular flexibility index (Phi) is 4.34. The molecule has 0 unspecified atom stereocenters. The van der Waals surface area contributed by atoms with Crippen molar-refractivity contribution in [2.24, 2.45) is 0 Å². The molecule has 0 saturated heterocycles. The Morgan fingerprint density at radius 2 is 2.06 bits per heavy atom. The molecule has 0 bridgehead atoms. The molecule has 18 heavy (non-hydrogen) atoms. The number of aliphatic hydroxyl groups is 1. The molecule has 0 fully saturated rings. The van der Waals surface area contributed by atoms with Gasteiger partial charge >= 0.3 is 6.03 Å². The Bertz CT molecular complexity index is 438. The minimum Gasteiger partial charge on any atom is -0.394 e. The third kappa shape index (κ3) is 3.22. The van der Waals surface area contributed by atoms with Gasteiger partial charge in [0.2, 0.25) is 0 Å². The minimum absolute atomic E-state index is 0.118. The highest BCUT2D eigenvalue weighted by Gasteiger charge is 2.20. The number of anilines is 1. The minimum atomic E-state index is -0.646. The standard InChI is InChI=1S/C12H22N4O2/c1-6-16-9(3)10(8(2)15-16)13-11(18)14-12(4,5)7-17/h17H,6-7H2,1-5H3,(H2,13,14,18). The molecule has 0 aromatic carbocycles. The zero-order valence-electron chi connectivity index (χ0n) is 11.7. The van der Waals surface area contributed by atoms with E-state index in [1.165, 1.54) is 0 Å². The highest BCUT2D eigenvalue weighted by atomic mass is 16.3. The summed E-state index contributed by atoms with van der Waals surface area (Å²) in [5, 5.41) is 18.9. The van der Waals surface area contributed by atoms with E-state index in [0.717, 1.165) is 23.6 Å². The highest BCUT2D eigenvalue weighted by Crippen LogP contribution is 2.19. The molecule has 0 saturated carbocycles. The van der Waals surface area contributed by atoms with E-state index in [1.54, 1.807) is 13.8 Å². The number of hydrogen-bond donors (Lipinski definition) is 3. The van der Waals surface area contributed by atoms with E-state index in [9.17, 15) is 4.79 Å². The fraction of sp³-hybridized carbons (Fsp3) is 0.667. The van der Waals surface area contributed by atoms with Gasteiger partial charge in [-0.1, -0.05) is 0 Å². The number of amides is 2. The van der Waals surface area contributed by atoms with Crippen molar-refractivity contribution in [2.45, 2.75) is 46.7 Å². The van der Waals surface area contributed by atoms with Crippen molar-refractivity contribution in [3.63, 3.8) is 0 Å². The molecular formula is C12H22N4O2. The monoisotopic (exact) mass is 254 g/mol. The summed E-state index contributed by atoms with van der Waals surface area (Å²) < 4.78 is 1.84. The Morgan fingerprint density at radius 1 is 1.44 bits per heavy atom. The lowest BCUT2D eigenvalue weighted by Gasteiger charge is -2.23. The van der Waals surface area contributed by atoms with Crippen molar-refractivity contribution in [3.05, 3.63) is 11.4 Å². The second-order valence-electron chi connectivity index (χ2n) is 4.98. The molecule has 0 spiro atoms. The molecule has 6 heteroatoms. The summed E-state index contributed by atoms with van der Waals surface area (Å²) in [7, 11) is 0. The molecule has 6 nitrogen and oxygen atoms in total. The van der Waals surface area contributed by atoms with E-state index in [-0.39, 0.29) is 12.6 Å². The smallest absolute Gasteiger partial charge is 0.319 e. The first-order valence-electron chi connectivity index (χ1n) is 6.04. The molecule has 1 rings (SSSR count). The number of aryl methyl sites for hydroxylation is 2. The van der Waals surface area contributed by atoms with Gasteiger partial charge in [-0.05, 0) is 34.6 Å². The van der Waals surface area contributed by atoms with Gasteiger partial charge in [-0.3, -0.25) is 4.68 Å². The molecular weight excluding hydrogens is 232 g/mol. The molecule has 1 heterocycles. The first-order chi connectivity index (χ1) is 8.30. The number of hydrogen-bond acceptors (Lipinski definition) is 3. The van der Waals surface area contributed by atoms with E-state index in [0.29, 0.717) is 0 Å². The third-order valence-electron chi connectivity index (χ3n) is 2.77. The maximum atomic E-state index is 11.8. The van der Waals surface area contributed by atoms with Gasteiger partial charge in [-0.25, -0.2) is 4.79 Å². The van der Waals surface area contributed by atoms with Crippen LogP contribution in [0.5, 0.6) is 0 Å². The van der Waals surface area contributed by atoms with Crippen LogP contribution in [0.2, 0.25) is 0 Å². The van der Waals surface area contributed by atoms with Crippen LogP contribution in [0.15, 0.2) is 0 Å². The van der Waals surface area contributed by atoms with Gasteiger partial charge in [0.25, 0.3) is 0 Å². The second kappa shape index (κ2) is 5.39. The fourth-order valence-electron chi connectivity index (χ4n) is 1.68. The fourth-order valence-corrected chi connectivity index (χ4v) is 1.68. The van der Waals surface area contributed by atoms with Crippen LogP contribution >= 0.6 is 0 Å². The first kappa shape index (κ1) is 14.5. The predicted molar refractivity (Wildman–Crippen MR) is 70.7 cm³/mol. The lowest BCUT2D eigenvalue weighted by atomic mass is 10.1. The van der Waals surface area contributed by atoms with Crippen molar-refractivity contribution >= 4 is 11.7 Å². The van der Waals surface area contributed by atoms with Crippen molar-refractivity contribution in [1.29, 1.82) is 0 Å². The predicted octanol–water partition coefficient (Wildman–Crippen LogP) is 1.41. The van der Waals surface area contributed by atoms with Crippen molar-refractivity contribution in [1.82, 2.24) is 15.1 Å². The second-order valence-corrected chi connectivity index (χ2v) is 4.98.